The van der Waals surface area contributed by atoms with Gasteiger partial charge in [-0.3, -0.25) is 14.6 Å². The summed E-state index contributed by atoms with van der Waals surface area (Å²) in [6.07, 6.45) is 3.89. The van der Waals surface area contributed by atoms with E-state index in [0.717, 1.165) is 28.9 Å². The van der Waals surface area contributed by atoms with Gasteiger partial charge in [-0.25, -0.2) is 4.98 Å². The molecule has 1 aromatic heterocycles. The van der Waals surface area contributed by atoms with E-state index in [-0.39, 0.29) is 18.4 Å². The van der Waals surface area contributed by atoms with Crippen LogP contribution in [-0.4, -0.2) is 46.8 Å². The molecule has 2 aromatic carbocycles. The maximum atomic E-state index is 13.1. The molecular weight excluding hydrogens is 406 g/mol. The lowest BCUT2D eigenvalue weighted by atomic mass is 10.1. The summed E-state index contributed by atoms with van der Waals surface area (Å²) in [7, 11) is 1.69. The average molecular weight is 429 g/mol. The third-order valence-electron chi connectivity index (χ3n) is 5.76. The Hall–Kier alpha value is -3.94. The number of nitrogens with one attached hydrogen (secondary N) is 1. The predicted octanol–water partition coefficient (Wildman–Crippen LogP) is 2.73. The number of carbonyl (C=O) groups excluding carboxylic acids is 2. The van der Waals surface area contributed by atoms with Crippen LogP contribution < -0.4 is 15.0 Å². The maximum absolute atomic E-state index is 13.1. The highest BCUT2D eigenvalue weighted by atomic mass is 16.5. The number of hydrogen-bond donors (Lipinski definition) is 1. The van der Waals surface area contributed by atoms with Crippen LogP contribution in [0.15, 0.2) is 60.0 Å². The Balaban J connectivity index is 1.34. The first-order valence-electron chi connectivity index (χ1n) is 10.5. The highest BCUT2D eigenvalue weighted by Gasteiger charge is 2.32. The van der Waals surface area contributed by atoms with Gasteiger partial charge in [0.2, 0.25) is 0 Å². The second-order valence-corrected chi connectivity index (χ2v) is 8.10. The second kappa shape index (κ2) is 7.96. The summed E-state index contributed by atoms with van der Waals surface area (Å²) >= 11 is 0. The molecule has 2 aliphatic rings. The summed E-state index contributed by atoms with van der Waals surface area (Å²) in [6.45, 7) is 2.54. The monoisotopic (exact) mass is 429 g/mol. The van der Waals surface area contributed by atoms with E-state index < -0.39 is 6.04 Å². The van der Waals surface area contributed by atoms with E-state index in [1.807, 2.05) is 49.4 Å². The first kappa shape index (κ1) is 20.0. The van der Waals surface area contributed by atoms with Gasteiger partial charge in [-0.05, 0) is 30.2 Å². The molecule has 1 N–H and O–H groups in total. The number of likely N-dealkylation sites (N-methyl/N-ethyl adjacent to an activating group) is 1. The Bertz CT molecular complexity index is 1230. The van der Waals surface area contributed by atoms with Crippen molar-refractivity contribution < 1.29 is 14.3 Å². The Labute approximate surface area is 185 Å². The number of ether oxygens (including phenoxy) is 1. The van der Waals surface area contributed by atoms with Crippen LogP contribution in [0.1, 0.15) is 28.5 Å². The standard InChI is InChI=1S/C24H23N5O3/c1-15-8-17-9-22-20(10-18(17)26-15)28(2)24(31)19(13-32-22)27-23(30)21-11-25-14-29(21)12-16-6-4-3-5-7-16/h3-7,9-11,14,19H,8,12-13H2,1-2H3,(H,27,30)/t19-/m0/s1. The van der Waals surface area contributed by atoms with Crippen molar-refractivity contribution in [1.82, 2.24) is 14.9 Å². The Morgan fingerprint density at radius 3 is 2.88 bits per heavy atom. The fourth-order valence-electron chi connectivity index (χ4n) is 4.09. The third-order valence-corrected chi connectivity index (χ3v) is 5.76. The van der Waals surface area contributed by atoms with Crippen molar-refractivity contribution in [3.8, 4) is 5.75 Å². The van der Waals surface area contributed by atoms with Crippen molar-refractivity contribution in [1.29, 1.82) is 0 Å². The van der Waals surface area contributed by atoms with Gasteiger partial charge in [-0.2, -0.15) is 0 Å². The van der Waals surface area contributed by atoms with Crippen molar-refractivity contribution in [2.45, 2.75) is 25.9 Å². The Morgan fingerprint density at radius 2 is 2.06 bits per heavy atom. The molecule has 3 heterocycles. The fraction of sp³-hybridized carbons (Fsp3) is 0.250. The van der Waals surface area contributed by atoms with E-state index >= 15 is 0 Å². The molecule has 0 spiro atoms. The molecule has 1 atom stereocenters. The van der Waals surface area contributed by atoms with Crippen LogP contribution in [0.5, 0.6) is 5.75 Å². The number of benzene rings is 2. The van der Waals surface area contributed by atoms with Crippen LogP contribution in [-0.2, 0) is 17.8 Å². The normalized spacial score (nSPS) is 17.2. The van der Waals surface area contributed by atoms with Gasteiger partial charge in [0.25, 0.3) is 11.8 Å². The van der Waals surface area contributed by atoms with E-state index in [1.165, 1.54) is 11.1 Å². The van der Waals surface area contributed by atoms with Crippen LogP contribution in [0.25, 0.3) is 0 Å². The van der Waals surface area contributed by atoms with Crippen LogP contribution in [0.3, 0.4) is 0 Å². The summed E-state index contributed by atoms with van der Waals surface area (Å²) in [5, 5.41) is 2.82. The van der Waals surface area contributed by atoms with Gasteiger partial charge in [0, 0.05) is 25.7 Å². The van der Waals surface area contributed by atoms with Crippen molar-refractivity contribution in [3.63, 3.8) is 0 Å². The summed E-state index contributed by atoms with van der Waals surface area (Å²) in [5.74, 6) is 0.00250. The Morgan fingerprint density at radius 1 is 1.25 bits per heavy atom. The van der Waals surface area contributed by atoms with Gasteiger partial charge in [-0.15, -0.1) is 0 Å². The minimum absolute atomic E-state index is 0.0490. The van der Waals surface area contributed by atoms with Gasteiger partial charge < -0.3 is 19.5 Å². The number of carbonyl (C=O) groups is 2. The lowest BCUT2D eigenvalue weighted by molar-refractivity contribution is -0.120. The number of imidazole rings is 1. The number of hydrogen-bond acceptors (Lipinski definition) is 5. The molecule has 2 amide bonds. The van der Waals surface area contributed by atoms with Crippen LogP contribution >= 0.6 is 0 Å². The predicted molar refractivity (Wildman–Crippen MR) is 121 cm³/mol. The lowest BCUT2D eigenvalue weighted by Crippen LogP contribution is -2.49. The molecule has 0 radical (unpaired) electrons. The summed E-state index contributed by atoms with van der Waals surface area (Å²) in [4.78, 5) is 36.3. The molecule has 162 valence electrons. The average Bonchev–Trinajstić information content (AvgIpc) is 3.37. The zero-order chi connectivity index (χ0) is 22.2. The Kier molecular flexibility index (Phi) is 4.97. The number of amides is 2. The van der Waals surface area contributed by atoms with E-state index in [1.54, 1.807) is 17.9 Å². The van der Waals surface area contributed by atoms with E-state index in [0.29, 0.717) is 23.7 Å². The quantitative estimate of drug-likeness (QED) is 0.691. The molecule has 0 fully saturated rings. The van der Waals surface area contributed by atoms with Gasteiger partial charge in [0.1, 0.15) is 24.1 Å². The topological polar surface area (TPSA) is 88.8 Å². The molecular formula is C24H23N5O3. The highest BCUT2D eigenvalue weighted by Crippen LogP contribution is 2.39. The van der Waals surface area contributed by atoms with Gasteiger partial charge in [-0.1, -0.05) is 30.3 Å². The molecule has 0 saturated carbocycles. The van der Waals surface area contributed by atoms with E-state index in [9.17, 15) is 9.59 Å². The summed E-state index contributed by atoms with van der Waals surface area (Å²) in [6, 6.07) is 12.8. The van der Waals surface area contributed by atoms with Crippen molar-refractivity contribution in [2.75, 3.05) is 18.6 Å². The second-order valence-electron chi connectivity index (χ2n) is 8.10. The van der Waals surface area contributed by atoms with Gasteiger partial charge >= 0.3 is 0 Å². The SMILES string of the molecule is CC1=Nc2cc3c(cc2C1)OC[C@H](NC(=O)c1cncn1Cc1ccccc1)C(=O)N3C. The number of aliphatic imine (C=N–C) groups is 1. The summed E-state index contributed by atoms with van der Waals surface area (Å²) in [5.41, 5.74) is 5.06. The zero-order valence-electron chi connectivity index (χ0n) is 17.9. The van der Waals surface area contributed by atoms with Crippen molar-refractivity contribution in [2.24, 2.45) is 4.99 Å². The highest BCUT2D eigenvalue weighted by molar-refractivity contribution is 6.03. The maximum Gasteiger partial charge on any atom is 0.270 e. The lowest BCUT2D eigenvalue weighted by Gasteiger charge is -2.21. The van der Waals surface area contributed by atoms with Gasteiger partial charge in [0.05, 0.1) is 23.9 Å². The van der Waals surface area contributed by atoms with Crippen molar-refractivity contribution >= 4 is 28.9 Å². The molecule has 0 saturated heterocycles. The van der Waals surface area contributed by atoms with Gasteiger partial charge in [0.15, 0.2) is 0 Å². The molecule has 3 aromatic rings. The minimum Gasteiger partial charge on any atom is -0.489 e. The number of rotatable bonds is 4. The molecule has 8 heteroatoms. The molecule has 0 bridgehead atoms. The van der Waals surface area contributed by atoms with E-state index in [2.05, 4.69) is 15.3 Å². The first-order valence-corrected chi connectivity index (χ1v) is 10.5. The molecule has 2 aliphatic heterocycles. The number of anilines is 1. The van der Waals surface area contributed by atoms with Crippen LogP contribution in [0, 0.1) is 0 Å². The smallest absolute Gasteiger partial charge is 0.270 e. The molecule has 0 unspecified atom stereocenters. The van der Waals surface area contributed by atoms with Crippen LogP contribution in [0.4, 0.5) is 11.4 Å². The fourth-order valence-corrected chi connectivity index (χ4v) is 4.09. The number of aromatic nitrogens is 2. The zero-order valence-corrected chi connectivity index (χ0v) is 17.9. The number of nitrogens with zero attached hydrogens (tertiary/aromatic N) is 4. The molecule has 32 heavy (non-hydrogen) atoms. The van der Waals surface area contributed by atoms with Crippen LogP contribution in [0.2, 0.25) is 0 Å². The molecule has 8 nitrogen and oxygen atoms in total. The van der Waals surface area contributed by atoms with E-state index in [4.69, 9.17) is 4.74 Å². The molecule has 5 rings (SSSR count). The molecule has 0 aliphatic carbocycles. The summed E-state index contributed by atoms with van der Waals surface area (Å²) < 4.78 is 7.72. The third kappa shape index (κ3) is 3.64. The van der Waals surface area contributed by atoms with Crippen molar-refractivity contribution in [3.05, 3.63) is 71.8 Å². The first-order chi connectivity index (χ1) is 15.5. The largest absolute Gasteiger partial charge is 0.489 e. The number of fused-ring (bicyclic) bond motifs is 2. The minimum atomic E-state index is -0.819.